The fourth-order valence-electron chi connectivity index (χ4n) is 1.35. The minimum Gasteiger partial charge on any atom is -0.387 e. The molecule has 0 aliphatic heterocycles. The van der Waals surface area contributed by atoms with E-state index in [9.17, 15) is 14.9 Å². The van der Waals surface area contributed by atoms with Crippen molar-refractivity contribution in [3.63, 3.8) is 0 Å². The SMILES string of the molecule is COCCN/C=C(/C#N)C(=O)Nc1ccc([N+](=O)[O-])cc1. The Hall–Kier alpha value is -2.92. The first kappa shape index (κ1) is 16.1. The van der Waals surface area contributed by atoms with Gasteiger partial charge in [-0.2, -0.15) is 5.26 Å². The second kappa shape index (κ2) is 8.29. The number of carbonyl (C=O) groups excluding carboxylic acids is 1. The molecule has 2 N–H and O–H groups in total. The zero-order valence-corrected chi connectivity index (χ0v) is 11.3. The molecule has 0 bridgehead atoms. The number of anilines is 1. The number of nitrogens with zero attached hydrogens (tertiary/aromatic N) is 2. The van der Waals surface area contributed by atoms with Crippen LogP contribution in [0.2, 0.25) is 0 Å². The van der Waals surface area contributed by atoms with Crippen LogP contribution in [0, 0.1) is 21.4 Å². The summed E-state index contributed by atoms with van der Waals surface area (Å²) in [6.07, 6.45) is 1.29. The van der Waals surface area contributed by atoms with Crippen molar-refractivity contribution in [2.45, 2.75) is 0 Å². The third-order valence-corrected chi connectivity index (χ3v) is 2.40. The molecule has 0 aromatic heterocycles. The molecule has 0 saturated carbocycles. The van der Waals surface area contributed by atoms with Gasteiger partial charge in [-0.15, -0.1) is 0 Å². The molecule has 110 valence electrons. The summed E-state index contributed by atoms with van der Waals surface area (Å²) in [7, 11) is 1.54. The Balaban J connectivity index is 2.65. The topological polar surface area (TPSA) is 117 Å². The maximum Gasteiger partial charge on any atom is 0.269 e. The molecule has 1 aromatic carbocycles. The first-order valence-electron chi connectivity index (χ1n) is 5.97. The van der Waals surface area contributed by atoms with Gasteiger partial charge in [0.25, 0.3) is 11.6 Å². The molecule has 0 unspecified atom stereocenters. The largest absolute Gasteiger partial charge is 0.387 e. The summed E-state index contributed by atoms with van der Waals surface area (Å²) in [6, 6.07) is 7.08. The zero-order valence-electron chi connectivity index (χ0n) is 11.3. The lowest BCUT2D eigenvalue weighted by Gasteiger charge is -2.04. The van der Waals surface area contributed by atoms with Gasteiger partial charge in [0.1, 0.15) is 11.6 Å². The number of methoxy groups -OCH3 is 1. The fraction of sp³-hybridized carbons (Fsp3) is 0.231. The molecule has 0 saturated heterocycles. The van der Waals surface area contributed by atoms with Crippen molar-refractivity contribution >= 4 is 17.3 Å². The smallest absolute Gasteiger partial charge is 0.269 e. The van der Waals surface area contributed by atoms with Crippen molar-refractivity contribution in [3.8, 4) is 6.07 Å². The van der Waals surface area contributed by atoms with E-state index in [0.717, 1.165) is 0 Å². The molecular weight excluding hydrogens is 276 g/mol. The summed E-state index contributed by atoms with van der Waals surface area (Å²) in [6.45, 7) is 0.908. The van der Waals surface area contributed by atoms with Gasteiger partial charge in [0.05, 0.1) is 11.5 Å². The van der Waals surface area contributed by atoms with Crippen LogP contribution in [0.3, 0.4) is 0 Å². The highest BCUT2D eigenvalue weighted by Crippen LogP contribution is 2.15. The molecule has 8 heteroatoms. The van der Waals surface area contributed by atoms with Crippen molar-refractivity contribution in [2.75, 3.05) is 25.6 Å². The standard InChI is InChI=1S/C13H14N4O4/c1-21-7-6-15-9-10(8-14)13(18)16-11-2-4-12(5-3-11)17(19)20/h2-5,9,15H,6-7H2,1H3,(H,16,18)/b10-9-. The van der Waals surface area contributed by atoms with Gasteiger partial charge < -0.3 is 15.4 Å². The van der Waals surface area contributed by atoms with E-state index in [4.69, 9.17) is 10.00 Å². The maximum atomic E-state index is 11.8. The van der Waals surface area contributed by atoms with Crippen LogP contribution in [0.1, 0.15) is 0 Å². The number of benzene rings is 1. The van der Waals surface area contributed by atoms with E-state index < -0.39 is 10.8 Å². The maximum absolute atomic E-state index is 11.8. The molecule has 0 spiro atoms. The first-order valence-corrected chi connectivity index (χ1v) is 5.97. The highest BCUT2D eigenvalue weighted by Gasteiger charge is 2.10. The highest BCUT2D eigenvalue weighted by atomic mass is 16.6. The first-order chi connectivity index (χ1) is 10.1. The second-order valence-corrected chi connectivity index (χ2v) is 3.87. The van der Waals surface area contributed by atoms with E-state index in [-0.39, 0.29) is 11.3 Å². The van der Waals surface area contributed by atoms with Crippen molar-refractivity contribution in [1.82, 2.24) is 5.32 Å². The highest BCUT2D eigenvalue weighted by molar-refractivity contribution is 6.06. The molecular formula is C13H14N4O4. The van der Waals surface area contributed by atoms with Gasteiger partial charge in [0, 0.05) is 37.7 Å². The van der Waals surface area contributed by atoms with Crippen molar-refractivity contribution < 1.29 is 14.5 Å². The Labute approximate surface area is 121 Å². The predicted octanol–water partition coefficient (Wildman–Crippen LogP) is 1.18. The monoisotopic (exact) mass is 290 g/mol. The van der Waals surface area contributed by atoms with Gasteiger partial charge in [0.2, 0.25) is 0 Å². The molecule has 0 atom stereocenters. The average molecular weight is 290 g/mol. The predicted molar refractivity (Wildman–Crippen MR) is 75.3 cm³/mol. The summed E-state index contributed by atoms with van der Waals surface area (Å²) in [5.41, 5.74) is 0.179. The van der Waals surface area contributed by atoms with E-state index in [1.807, 2.05) is 0 Å². The van der Waals surface area contributed by atoms with Crippen LogP contribution in [0.25, 0.3) is 0 Å². The third-order valence-electron chi connectivity index (χ3n) is 2.40. The van der Waals surface area contributed by atoms with Crippen molar-refractivity contribution in [1.29, 1.82) is 5.26 Å². The molecule has 8 nitrogen and oxygen atoms in total. The number of nitriles is 1. The zero-order chi connectivity index (χ0) is 15.7. The van der Waals surface area contributed by atoms with Crippen LogP contribution in [0.4, 0.5) is 11.4 Å². The number of non-ortho nitro benzene ring substituents is 1. The normalized spacial score (nSPS) is 10.6. The minimum atomic E-state index is -0.601. The van der Waals surface area contributed by atoms with E-state index in [1.165, 1.54) is 37.6 Å². The minimum absolute atomic E-state index is 0.0784. The van der Waals surface area contributed by atoms with Crippen LogP contribution < -0.4 is 10.6 Å². The Morgan fingerprint density at radius 1 is 1.48 bits per heavy atom. The lowest BCUT2D eigenvalue weighted by atomic mass is 10.2. The number of hydrogen-bond donors (Lipinski definition) is 2. The van der Waals surface area contributed by atoms with Crippen LogP contribution in [-0.2, 0) is 9.53 Å². The number of nitrogens with one attached hydrogen (secondary N) is 2. The molecule has 1 aromatic rings. The van der Waals surface area contributed by atoms with Crippen LogP contribution in [0.5, 0.6) is 0 Å². The van der Waals surface area contributed by atoms with E-state index >= 15 is 0 Å². The van der Waals surface area contributed by atoms with Crippen molar-refractivity contribution in [3.05, 3.63) is 46.2 Å². The van der Waals surface area contributed by atoms with Gasteiger partial charge in [-0.25, -0.2) is 0 Å². The summed E-state index contributed by atoms with van der Waals surface area (Å²) < 4.78 is 4.81. The lowest BCUT2D eigenvalue weighted by Crippen LogP contribution is -2.18. The second-order valence-electron chi connectivity index (χ2n) is 3.87. The quantitative estimate of drug-likeness (QED) is 0.256. The summed E-state index contributed by atoms with van der Waals surface area (Å²) >= 11 is 0. The summed E-state index contributed by atoms with van der Waals surface area (Å²) in [5.74, 6) is -0.601. The number of ether oxygens (including phenoxy) is 1. The van der Waals surface area contributed by atoms with Crippen LogP contribution in [0.15, 0.2) is 36.0 Å². The Bertz CT molecular complexity index is 575. The lowest BCUT2D eigenvalue weighted by molar-refractivity contribution is -0.384. The molecule has 0 heterocycles. The van der Waals surface area contributed by atoms with E-state index in [2.05, 4.69) is 10.6 Å². The van der Waals surface area contributed by atoms with Crippen LogP contribution in [-0.4, -0.2) is 31.1 Å². The number of rotatable bonds is 7. The number of hydrogen-bond acceptors (Lipinski definition) is 6. The number of nitro benzene ring substituents is 1. The van der Waals surface area contributed by atoms with E-state index in [1.54, 1.807) is 6.07 Å². The van der Waals surface area contributed by atoms with Crippen molar-refractivity contribution in [2.24, 2.45) is 0 Å². The molecule has 0 aliphatic carbocycles. The molecule has 0 fully saturated rings. The average Bonchev–Trinajstić information content (AvgIpc) is 2.47. The number of amides is 1. The fourth-order valence-corrected chi connectivity index (χ4v) is 1.35. The molecule has 1 amide bonds. The molecule has 1 rings (SSSR count). The van der Waals surface area contributed by atoms with Crippen LogP contribution >= 0.6 is 0 Å². The summed E-state index contributed by atoms with van der Waals surface area (Å²) in [5, 5.41) is 24.7. The Kier molecular flexibility index (Phi) is 6.37. The third kappa shape index (κ3) is 5.30. The Morgan fingerprint density at radius 3 is 2.67 bits per heavy atom. The number of carbonyl (C=O) groups is 1. The van der Waals surface area contributed by atoms with Gasteiger partial charge >= 0.3 is 0 Å². The van der Waals surface area contributed by atoms with Gasteiger partial charge in [-0.1, -0.05) is 0 Å². The van der Waals surface area contributed by atoms with Gasteiger partial charge in [0.15, 0.2) is 0 Å². The molecule has 0 radical (unpaired) electrons. The van der Waals surface area contributed by atoms with E-state index in [0.29, 0.717) is 18.8 Å². The number of nitro groups is 1. The van der Waals surface area contributed by atoms with Gasteiger partial charge in [-0.3, -0.25) is 14.9 Å². The Morgan fingerprint density at radius 2 is 2.14 bits per heavy atom. The molecule has 21 heavy (non-hydrogen) atoms. The summed E-state index contributed by atoms with van der Waals surface area (Å²) in [4.78, 5) is 21.8. The molecule has 0 aliphatic rings. The van der Waals surface area contributed by atoms with Gasteiger partial charge in [-0.05, 0) is 12.1 Å².